The van der Waals surface area contributed by atoms with Gasteiger partial charge in [0.25, 0.3) is 0 Å². The van der Waals surface area contributed by atoms with Gasteiger partial charge < -0.3 is 0 Å². The molecular weight excluding hydrogens is 174 g/mol. The predicted molar refractivity (Wildman–Crippen MR) is 36.3 cm³/mol. The Hall–Kier alpha value is -0.460. The number of thiazole rings is 1. The lowest BCUT2D eigenvalue weighted by Crippen LogP contribution is -2.01. The molecule has 0 unspecified atom stereocenters. The van der Waals surface area contributed by atoms with E-state index in [2.05, 4.69) is 9.17 Å². The van der Waals surface area contributed by atoms with Gasteiger partial charge >= 0.3 is 10.1 Å². The van der Waals surface area contributed by atoms with Gasteiger partial charge in [0.15, 0.2) is 0 Å². The first-order chi connectivity index (χ1) is 4.67. The molecule has 10 heavy (non-hydrogen) atoms. The van der Waals surface area contributed by atoms with Gasteiger partial charge in [-0.05, 0) is 0 Å². The summed E-state index contributed by atoms with van der Waals surface area (Å²) < 4.78 is 25.8. The van der Waals surface area contributed by atoms with E-state index in [1.807, 2.05) is 0 Å². The maximum absolute atomic E-state index is 10.8. The molecule has 0 N–H and O–H groups in total. The third-order valence-corrected chi connectivity index (χ3v) is 3.28. The molecular formula is C4H5NO3S2. The Morgan fingerprint density at radius 1 is 1.70 bits per heavy atom. The first kappa shape index (κ1) is 7.64. The van der Waals surface area contributed by atoms with Crippen LogP contribution in [-0.2, 0) is 14.3 Å². The number of rotatable bonds is 2. The Morgan fingerprint density at radius 2 is 2.40 bits per heavy atom. The minimum absolute atomic E-state index is 0.00463. The Kier molecular flexibility index (Phi) is 2.02. The summed E-state index contributed by atoms with van der Waals surface area (Å²) in [6.07, 6.45) is 1.41. The van der Waals surface area contributed by atoms with Gasteiger partial charge in [0.1, 0.15) is 0 Å². The molecule has 0 saturated heterocycles. The zero-order chi connectivity index (χ0) is 7.61. The zero-order valence-corrected chi connectivity index (χ0v) is 6.78. The summed E-state index contributed by atoms with van der Waals surface area (Å²) in [5.41, 5.74) is 0. The van der Waals surface area contributed by atoms with E-state index in [1.54, 1.807) is 5.38 Å². The third-order valence-electron chi connectivity index (χ3n) is 0.843. The quantitative estimate of drug-likeness (QED) is 0.619. The molecule has 0 aliphatic heterocycles. The molecule has 0 spiro atoms. The van der Waals surface area contributed by atoms with Gasteiger partial charge in [-0.2, -0.15) is 8.42 Å². The zero-order valence-electron chi connectivity index (χ0n) is 5.14. The second kappa shape index (κ2) is 2.65. The number of nitrogens with zero attached hydrogens (tertiary/aromatic N) is 1. The fourth-order valence-electron chi connectivity index (χ4n) is 0.405. The first-order valence-corrected chi connectivity index (χ1v) is 4.66. The molecule has 1 aromatic heterocycles. The maximum Gasteiger partial charge on any atom is 0.324 e. The molecule has 0 saturated carbocycles. The Labute approximate surface area is 62.6 Å². The van der Waals surface area contributed by atoms with E-state index >= 15 is 0 Å². The van der Waals surface area contributed by atoms with Gasteiger partial charge in [-0.15, -0.1) is 11.3 Å². The van der Waals surface area contributed by atoms with Crippen LogP contribution in [-0.4, -0.2) is 20.5 Å². The molecule has 56 valence electrons. The molecule has 4 nitrogen and oxygen atoms in total. The summed E-state index contributed by atoms with van der Waals surface area (Å²) in [5, 5.41) is 1.58. The molecule has 1 aromatic rings. The van der Waals surface area contributed by atoms with Crippen LogP contribution in [0.25, 0.3) is 0 Å². The van der Waals surface area contributed by atoms with Crippen molar-refractivity contribution in [2.24, 2.45) is 0 Å². The fraction of sp³-hybridized carbons (Fsp3) is 0.250. The van der Waals surface area contributed by atoms with E-state index in [1.165, 1.54) is 6.20 Å². The molecule has 1 heterocycles. The van der Waals surface area contributed by atoms with Gasteiger partial charge in [-0.1, -0.05) is 0 Å². The molecule has 0 aliphatic carbocycles. The fourth-order valence-corrected chi connectivity index (χ4v) is 1.94. The van der Waals surface area contributed by atoms with Crippen LogP contribution in [0.15, 0.2) is 15.9 Å². The smallest absolute Gasteiger partial charge is 0.268 e. The van der Waals surface area contributed by atoms with Gasteiger partial charge in [-0.3, -0.25) is 4.18 Å². The van der Waals surface area contributed by atoms with Crippen molar-refractivity contribution >= 4 is 21.5 Å². The Bertz CT molecular complexity index is 288. The van der Waals surface area contributed by atoms with E-state index in [0.717, 1.165) is 18.4 Å². The Morgan fingerprint density at radius 3 is 2.80 bits per heavy atom. The summed E-state index contributed by atoms with van der Waals surface area (Å²) in [6, 6.07) is 0. The van der Waals surface area contributed by atoms with Gasteiger partial charge in [0.05, 0.1) is 7.11 Å². The van der Waals surface area contributed by atoms with Gasteiger partial charge in [-0.25, -0.2) is 4.98 Å². The molecule has 0 bridgehead atoms. The Balaban J connectivity index is 3.09. The standard InChI is InChI=1S/C4H5NO3S2/c1-8-10(6,7)4-5-2-3-9-4/h2-3H,1H3. The first-order valence-electron chi connectivity index (χ1n) is 2.37. The highest BCUT2D eigenvalue weighted by atomic mass is 32.3. The summed E-state index contributed by atoms with van der Waals surface area (Å²) in [4.78, 5) is 3.56. The van der Waals surface area contributed by atoms with Crippen molar-refractivity contribution < 1.29 is 12.6 Å². The molecule has 6 heteroatoms. The molecule has 0 atom stereocenters. The van der Waals surface area contributed by atoms with E-state index in [0.29, 0.717) is 0 Å². The minimum Gasteiger partial charge on any atom is -0.268 e. The number of aromatic nitrogens is 1. The molecule has 0 amide bonds. The minimum atomic E-state index is -3.55. The van der Waals surface area contributed by atoms with Crippen LogP contribution >= 0.6 is 11.3 Å². The van der Waals surface area contributed by atoms with Crippen molar-refractivity contribution in [2.75, 3.05) is 7.11 Å². The highest BCUT2D eigenvalue weighted by Gasteiger charge is 2.14. The average Bonchev–Trinajstić information content (AvgIpc) is 2.38. The molecule has 0 aromatic carbocycles. The average molecular weight is 179 g/mol. The second-order valence-corrected chi connectivity index (χ2v) is 4.20. The van der Waals surface area contributed by atoms with E-state index in [4.69, 9.17) is 0 Å². The summed E-state index contributed by atoms with van der Waals surface area (Å²) >= 11 is 1.03. The molecule has 0 aliphatic rings. The van der Waals surface area contributed by atoms with Crippen LogP contribution in [0.5, 0.6) is 0 Å². The molecule has 0 fully saturated rings. The molecule has 1 rings (SSSR count). The lowest BCUT2D eigenvalue weighted by molar-refractivity contribution is 0.397. The van der Waals surface area contributed by atoms with E-state index < -0.39 is 10.1 Å². The van der Waals surface area contributed by atoms with Crippen LogP contribution in [0.2, 0.25) is 0 Å². The van der Waals surface area contributed by atoms with E-state index in [9.17, 15) is 8.42 Å². The number of hydrogen-bond acceptors (Lipinski definition) is 5. The van der Waals surface area contributed by atoms with Crippen LogP contribution in [0, 0.1) is 0 Å². The topological polar surface area (TPSA) is 56.3 Å². The third kappa shape index (κ3) is 1.34. The SMILES string of the molecule is COS(=O)(=O)c1nccs1. The van der Waals surface area contributed by atoms with Crippen molar-refractivity contribution in [3.8, 4) is 0 Å². The summed E-state index contributed by atoms with van der Waals surface area (Å²) in [6.45, 7) is 0. The van der Waals surface area contributed by atoms with Crippen LogP contribution < -0.4 is 0 Å². The van der Waals surface area contributed by atoms with Crippen molar-refractivity contribution in [1.29, 1.82) is 0 Å². The van der Waals surface area contributed by atoms with Crippen molar-refractivity contribution in [3.05, 3.63) is 11.6 Å². The van der Waals surface area contributed by atoms with E-state index in [-0.39, 0.29) is 4.34 Å². The summed E-state index contributed by atoms with van der Waals surface area (Å²) in [5.74, 6) is 0. The maximum atomic E-state index is 10.8. The monoisotopic (exact) mass is 179 g/mol. The lowest BCUT2D eigenvalue weighted by Gasteiger charge is -1.92. The van der Waals surface area contributed by atoms with Crippen molar-refractivity contribution in [2.45, 2.75) is 4.34 Å². The van der Waals surface area contributed by atoms with Crippen molar-refractivity contribution in [1.82, 2.24) is 4.98 Å². The van der Waals surface area contributed by atoms with Gasteiger partial charge in [0.2, 0.25) is 4.34 Å². The highest BCUT2D eigenvalue weighted by Crippen LogP contribution is 2.13. The predicted octanol–water partition coefficient (Wildman–Crippen LogP) is 0.478. The summed E-state index contributed by atoms with van der Waals surface area (Å²) in [7, 11) is -2.44. The normalized spacial score (nSPS) is 11.7. The molecule has 0 radical (unpaired) electrons. The van der Waals surface area contributed by atoms with Crippen LogP contribution in [0.4, 0.5) is 0 Å². The second-order valence-electron chi connectivity index (χ2n) is 1.42. The number of hydrogen-bond donors (Lipinski definition) is 0. The largest absolute Gasteiger partial charge is 0.324 e. The highest BCUT2D eigenvalue weighted by molar-refractivity contribution is 7.88. The van der Waals surface area contributed by atoms with Crippen LogP contribution in [0.3, 0.4) is 0 Å². The van der Waals surface area contributed by atoms with Crippen LogP contribution in [0.1, 0.15) is 0 Å². The van der Waals surface area contributed by atoms with Crippen molar-refractivity contribution in [3.63, 3.8) is 0 Å². The van der Waals surface area contributed by atoms with Gasteiger partial charge in [0, 0.05) is 11.6 Å². The lowest BCUT2D eigenvalue weighted by atomic mass is 11.0.